The van der Waals surface area contributed by atoms with Crippen LogP contribution in [0.15, 0.2) is 18.3 Å². The van der Waals surface area contributed by atoms with Crippen molar-refractivity contribution in [2.45, 2.75) is 44.7 Å². The number of halogens is 3. The normalized spacial score (nSPS) is 16.2. The first-order valence-corrected chi connectivity index (χ1v) is 6.88. The molecular weight excluding hydrogens is 277 g/mol. The van der Waals surface area contributed by atoms with Crippen LogP contribution in [0.25, 0.3) is 0 Å². The highest BCUT2D eigenvalue weighted by molar-refractivity contribution is 7.90. The summed E-state index contributed by atoms with van der Waals surface area (Å²) in [5, 5.41) is 0. The van der Waals surface area contributed by atoms with E-state index < -0.39 is 27.8 Å². The standard InChI is InChI=1S/C12H17F3N2OS/c1-8(17-19(18)11(2,3)4)10-6-5-9(7-16-10)12(13,14)15/h5-8,17H,1-4H3/t8-,19-/m0/s1. The van der Waals surface area contributed by atoms with Gasteiger partial charge in [-0.1, -0.05) is 0 Å². The molecule has 0 aromatic carbocycles. The van der Waals surface area contributed by atoms with E-state index in [1.165, 1.54) is 6.07 Å². The Bertz CT molecular complexity index is 414. The third-order valence-corrected chi connectivity index (χ3v) is 4.08. The smallest absolute Gasteiger partial charge is 0.417 e. The molecular formula is C12H17F3N2OS. The maximum Gasteiger partial charge on any atom is 0.417 e. The molecule has 1 rings (SSSR count). The summed E-state index contributed by atoms with van der Waals surface area (Å²) in [7, 11) is 0. The van der Waals surface area contributed by atoms with Gasteiger partial charge in [0.15, 0.2) is 0 Å². The highest BCUT2D eigenvalue weighted by atomic mass is 32.2. The Hall–Kier alpha value is -0.790. The number of alkyl halides is 3. The van der Waals surface area contributed by atoms with E-state index in [0.29, 0.717) is 5.69 Å². The molecule has 1 aromatic heterocycles. The highest BCUT2D eigenvalue weighted by Gasteiger charge is 2.32. The summed E-state index contributed by atoms with van der Waals surface area (Å²) >= 11 is -1.30. The molecule has 0 spiro atoms. The van der Waals surface area contributed by atoms with E-state index in [-0.39, 0.29) is 6.04 Å². The van der Waals surface area contributed by atoms with Gasteiger partial charge in [0.25, 0.3) is 0 Å². The molecule has 0 aliphatic carbocycles. The summed E-state index contributed by atoms with van der Waals surface area (Å²) in [6, 6.07) is 1.88. The molecule has 1 heterocycles. The minimum Gasteiger partial charge on any atom is -0.598 e. The monoisotopic (exact) mass is 294 g/mol. The molecule has 108 valence electrons. The van der Waals surface area contributed by atoms with Gasteiger partial charge in [0, 0.05) is 17.6 Å². The van der Waals surface area contributed by atoms with Crippen molar-refractivity contribution in [3.63, 3.8) is 0 Å². The molecule has 1 N–H and O–H groups in total. The molecule has 0 aliphatic rings. The fourth-order valence-corrected chi connectivity index (χ4v) is 2.02. The van der Waals surface area contributed by atoms with Gasteiger partial charge in [-0.05, 0) is 39.8 Å². The third kappa shape index (κ3) is 4.67. The van der Waals surface area contributed by atoms with E-state index in [4.69, 9.17) is 0 Å². The zero-order valence-corrected chi connectivity index (χ0v) is 12.0. The summed E-state index contributed by atoms with van der Waals surface area (Å²) in [6.07, 6.45) is -3.61. The van der Waals surface area contributed by atoms with Crippen molar-refractivity contribution >= 4 is 11.4 Å². The Morgan fingerprint density at radius 2 is 1.84 bits per heavy atom. The number of nitrogens with zero attached hydrogens (tertiary/aromatic N) is 1. The van der Waals surface area contributed by atoms with Crippen LogP contribution in [0.5, 0.6) is 0 Å². The molecule has 0 amide bonds. The lowest BCUT2D eigenvalue weighted by atomic mass is 10.2. The molecule has 0 bridgehead atoms. The zero-order valence-electron chi connectivity index (χ0n) is 11.2. The minimum absolute atomic E-state index is 0.387. The Labute approximate surface area is 113 Å². The van der Waals surface area contributed by atoms with E-state index in [1.54, 1.807) is 6.92 Å². The molecule has 2 atom stereocenters. The van der Waals surface area contributed by atoms with Crippen molar-refractivity contribution in [1.82, 2.24) is 9.71 Å². The second-order valence-corrected chi connectivity index (χ2v) is 7.19. The van der Waals surface area contributed by atoms with Crippen LogP contribution < -0.4 is 4.72 Å². The van der Waals surface area contributed by atoms with Crippen LogP contribution >= 0.6 is 0 Å². The third-order valence-electron chi connectivity index (χ3n) is 2.40. The number of pyridine rings is 1. The number of nitrogens with one attached hydrogen (secondary N) is 1. The van der Waals surface area contributed by atoms with Crippen LogP contribution in [0.1, 0.15) is 45.0 Å². The SMILES string of the molecule is C[C@H](N[S@@+]([O-])C(C)(C)C)c1ccc(C(F)(F)F)cn1. The van der Waals surface area contributed by atoms with Crippen LogP contribution in [-0.2, 0) is 17.5 Å². The van der Waals surface area contributed by atoms with E-state index in [9.17, 15) is 17.7 Å². The zero-order chi connectivity index (χ0) is 14.8. The fraction of sp³-hybridized carbons (Fsp3) is 0.583. The Balaban J connectivity index is 2.76. The van der Waals surface area contributed by atoms with Crippen LogP contribution in [0.4, 0.5) is 13.2 Å². The van der Waals surface area contributed by atoms with Gasteiger partial charge >= 0.3 is 6.18 Å². The van der Waals surface area contributed by atoms with Gasteiger partial charge in [-0.25, -0.2) is 0 Å². The number of hydrogen-bond acceptors (Lipinski definition) is 3. The molecule has 7 heteroatoms. The van der Waals surface area contributed by atoms with Gasteiger partial charge < -0.3 is 4.55 Å². The topological polar surface area (TPSA) is 48.0 Å². The molecule has 1 aromatic rings. The molecule has 19 heavy (non-hydrogen) atoms. The van der Waals surface area contributed by atoms with Crippen LogP contribution in [0.2, 0.25) is 0 Å². The van der Waals surface area contributed by atoms with Crippen LogP contribution in [0, 0.1) is 0 Å². The molecule has 0 saturated carbocycles. The average molecular weight is 294 g/mol. The summed E-state index contributed by atoms with van der Waals surface area (Å²) in [4.78, 5) is 3.76. The lowest BCUT2D eigenvalue weighted by Gasteiger charge is -2.26. The lowest BCUT2D eigenvalue weighted by Crippen LogP contribution is -2.40. The molecule has 0 saturated heterocycles. The first-order chi connectivity index (χ1) is 8.51. The predicted molar refractivity (Wildman–Crippen MR) is 68.7 cm³/mol. The summed E-state index contributed by atoms with van der Waals surface area (Å²) in [5.41, 5.74) is -0.369. The predicted octanol–water partition coefficient (Wildman–Crippen LogP) is 3.21. The van der Waals surface area contributed by atoms with Gasteiger partial charge in [-0.3, -0.25) is 4.98 Å². The quantitative estimate of drug-likeness (QED) is 0.871. The van der Waals surface area contributed by atoms with Crippen molar-refractivity contribution < 1.29 is 17.7 Å². The Kier molecular flexibility index (Phi) is 4.86. The van der Waals surface area contributed by atoms with Crippen LogP contribution in [0.3, 0.4) is 0 Å². The number of rotatable bonds is 3. The maximum absolute atomic E-state index is 12.4. The molecule has 0 unspecified atom stereocenters. The van der Waals surface area contributed by atoms with Crippen LogP contribution in [-0.4, -0.2) is 14.3 Å². The number of hydrogen-bond donors (Lipinski definition) is 1. The van der Waals surface area contributed by atoms with Crippen molar-refractivity contribution in [3.8, 4) is 0 Å². The molecule has 3 nitrogen and oxygen atoms in total. The summed E-state index contributed by atoms with van der Waals surface area (Å²) < 4.78 is 51.4. The van der Waals surface area contributed by atoms with E-state index >= 15 is 0 Å². The van der Waals surface area contributed by atoms with Gasteiger partial charge in [0.05, 0.1) is 17.3 Å². The number of aromatic nitrogens is 1. The first kappa shape index (κ1) is 16.3. The average Bonchev–Trinajstić information content (AvgIpc) is 2.26. The van der Waals surface area contributed by atoms with Crippen molar-refractivity contribution in [3.05, 3.63) is 29.6 Å². The van der Waals surface area contributed by atoms with Gasteiger partial charge in [-0.15, -0.1) is 4.72 Å². The molecule has 0 radical (unpaired) electrons. The largest absolute Gasteiger partial charge is 0.598 e. The van der Waals surface area contributed by atoms with Gasteiger partial charge in [-0.2, -0.15) is 13.2 Å². The van der Waals surface area contributed by atoms with Gasteiger partial charge in [0.1, 0.15) is 4.75 Å². The summed E-state index contributed by atoms with van der Waals surface area (Å²) in [5.74, 6) is 0. The Morgan fingerprint density at radius 1 is 1.26 bits per heavy atom. The van der Waals surface area contributed by atoms with E-state index in [0.717, 1.165) is 12.3 Å². The second-order valence-electron chi connectivity index (χ2n) is 5.19. The first-order valence-electron chi connectivity index (χ1n) is 5.73. The fourth-order valence-electron chi connectivity index (χ4n) is 1.23. The highest BCUT2D eigenvalue weighted by Crippen LogP contribution is 2.29. The van der Waals surface area contributed by atoms with Gasteiger partial charge in [0.2, 0.25) is 0 Å². The lowest BCUT2D eigenvalue weighted by molar-refractivity contribution is -0.137. The van der Waals surface area contributed by atoms with E-state index in [2.05, 4.69) is 9.71 Å². The summed E-state index contributed by atoms with van der Waals surface area (Å²) in [6.45, 7) is 7.13. The molecule has 0 fully saturated rings. The van der Waals surface area contributed by atoms with Crippen molar-refractivity contribution in [2.75, 3.05) is 0 Å². The molecule has 0 aliphatic heterocycles. The minimum atomic E-state index is -4.39. The second kappa shape index (κ2) is 5.68. The maximum atomic E-state index is 12.4. The van der Waals surface area contributed by atoms with Crippen molar-refractivity contribution in [2.24, 2.45) is 0 Å². The van der Waals surface area contributed by atoms with E-state index in [1.807, 2.05) is 20.8 Å². The Morgan fingerprint density at radius 3 is 2.21 bits per heavy atom. The van der Waals surface area contributed by atoms with Crippen molar-refractivity contribution in [1.29, 1.82) is 0 Å².